The van der Waals surface area contributed by atoms with Crippen LogP contribution in [0, 0.1) is 5.92 Å². The maximum absolute atomic E-state index is 11.6. The molecule has 0 aromatic heterocycles. The summed E-state index contributed by atoms with van der Waals surface area (Å²) in [6, 6.07) is 7.42. The van der Waals surface area contributed by atoms with Crippen molar-refractivity contribution in [2.45, 2.75) is 25.8 Å². The van der Waals surface area contributed by atoms with E-state index in [9.17, 15) is 9.59 Å². The van der Waals surface area contributed by atoms with Gasteiger partial charge in [-0.15, -0.1) is 0 Å². The van der Waals surface area contributed by atoms with Gasteiger partial charge in [-0.2, -0.15) is 0 Å². The Labute approximate surface area is 112 Å². The van der Waals surface area contributed by atoms with Crippen LogP contribution in [-0.4, -0.2) is 11.8 Å². The van der Waals surface area contributed by atoms with Crippen LogP contribution in [0.15, 0.2) is 36.9 Å². The molecule has 100 valence electrons. The zero-order valence-corrected chi connectivity index (χ0v) is 11.0. The van der Waals surface area contributed by atoms with Gasteiger partial charge in [-0.05, 0) is 43.5 Å². The van der Waals surface area contributed by atoms with Gasteiger partial charge in [-0.25, -0.2) is 0 Å². The van der Waals surface area contributed by atoms with E-state index in [0.717, 1.165) is 24.1 Å². The molecule has 1 aromatic rings. The van der Waals surface area contributed by atoms with Gasteiger partial charge in [0.25, 0.3) is 0 Å². The monoisotopic (exact) mass is 258 g/mol. The van der Waals surface area contributed by atoms with Crippen LogP contribution in [0.25, 0.3) is 0 Å². The minimum atomic E-state index is -0.196. The SMILES string of the molecule is C=CC(=O)NC(C)c1ccc(NC(=O)C2CC2)cc1. The molecule has 1 unspecified atom stereocenters. The normalized spacial score (nSPS) is 15.4. The molecule has 19 heavy (non-hydrogen) atoms. The van der Waals surface area contributed by atoms with E-state index in [4.69, 9.17) is 0 Å². The summed E-state index contributed by atoms with van der Waals surface area (Å²) in [5, 5.41) is 5.67. The first-order valence-corrected chi connectivity index (χ1v) is 6.44. The van der Waals surface area contributed by atoms with Crippen LogP contribution in [0.2, 0.25) is 0 Å². The minimum absolute atomic E-state index is 0.0846. The van der Waals surface area contributed by atoms with Crippen molar-refractivity contribution in [3.05, 3.63) is 42.5 Å². The van der Waals surface area contributed by atoms with Crippen molar-refractivity contribution in [3.63, 3.8) is 0 Å². The summed E-state index contributed by atoms with van der Waals surface area (Å²) in [5.74, 6) is 0.102. The molecular weight excluding hydrogens is 240 g/mol. The van der Waals surface area contributed by atoms with Crippen molar-refractivity contribution in [1.29, 1.82) is 0 Å². The van der Waals surface area contributed by atoms with E-state index in [-0.39, 0.29) is 23.8 Å². The summed E-state index contributed by atoms with van der Waals surface area (Å²) >= 11 is 0. The lowest BCUT2D eigenvalue weighted by Crippen LogP contribution is -2.24. The van der Waals surface area contributed by atoms with E-state index in [0.29, 0.717) is 0 Å². The zero-order valence-electron chi connectivity index (χ0n) is 11.0. The summed E-state index contributed by atoms with van der Waals surface area (Å²) in [4.78, 5) is 22.8. The molecule has 0 spiro atoms. The summed E-state index contributed by atoms with van der Waals surface area (Å²) in [6.45, 7) is 5.32. The molecule has 0 radical (unpaired) electrons. The number of benzene rings is 1. The number of carbonyl (C=O) groups excluding carboxylic acids is 2. The van der Waals surface area contributed by atoms with Crippen molar-refractivity contribution in [2.24, 2.45) is 5.92 Å². The van der Waals surface area contributed by atoms with E-state index in [2.05, 4.69) is 17.2 Å². The number of hydrogen-bond donors (Lipinski definition) is 2. The highest BCUT2D eigenvalue weighted by molar-refractivity contribution is 5.94. The number of hydrogen-bond acceptors (Lipinski definition) is 2. The van der Waals surface area contributed by atoms with Crippen molar-refractivity contribution in [3.8, 4) is 0 Å². The van der Waals surface area contributed by atoms with E-state index in [1.807, 2.05) is 31.2 Å². The molecule has 4 heteroatoms. The van der Waals surface area contributed by atoms with Crippen LogP contribution in [-0.2, 0) is 9.59 Å². The smallest absolute Gasteiger partial charge is 0.243 e. The fraction of sp³-hybridized carbons (Fsp3) is 0.333. The molecule has 2 amide bonds. The number of amides is 2. The zero-order chi connectivity index (χ0) is 13.8. The number of carbonyl (C=O) groups is 2. The Kier molecular flexibility index (Phi) is 4.00. The Morgan fingerprint density at radius 2 is 1.95 bits per heavy atom. The highest BCUT2D eigenvalue weighted by atomic mass is 16.2. The topological polar surface area (TPSA) is 58.2 Å². The lowest BCUT2D eigenvalue weighted by molar-refractivity contribution is -0.118. The van der Waals surface area contributed by atoms with Crippen molar-refractivity contribution in [1.82, 2.24) is 5.32 Å². The summed E-state index contributed by atoms with van der Waals surface area (Å²) in [7, 11) is 0. The molecule has 0 saturated heterocycles. The highest BCUT2D eigenvalue weighted by Crippen LogP contribution is 2.30. The van der Waals surface area contributed by atoms with Crippen LogP contribution in [0.5, 0.6) is 0 Å². The second-order valence-electron chi connectivity index (χ2n) is 4.82. The lowest BCUT2D eigenvalue weighted by atomic mass is 10.1. The fourth-order valence-electron chi connectivity index (χ4n) is 1.80. The van der Waals surface area contributed by atoms with Crippen LogP contribution in [0.3, 0.4) is 0 Å². The number of nitrogens with one attached hydrogen (secondary N) is 2. The van der Waals surface area contributed by atoms with E-state index in [1.165, 1.54) is 6.08 Å². The maximum Gasteiger partial charge on any atom is 0.243 e. The van der Waals surface area contributed by atoms with Gasteiger partial charge < -0.3 is 10.6 Å². The molecule has 1 aromatic carbocycles. The molecule has 1 saturated carbocycles. The molecule has 1 atom stereocenters. The third kappa shape index (κ3) is 3.68. The van der Waals surface area contributed by atoms with Crippen molar-refractivity contribution in [2.75, 3.05) is 5.32 Å². The predicted molar refractivity (Wildman–Crippen MR) is 74.6 cm³/mol. The van der Waals surface area contributed by atoms with E-state index >= 15 is 0 Å². The lowest BCUT2D eigenvalue weighted by Gasteiger charge is -2.13. The largest absolute Gasteiger partial charge is 0.346 e. The van der Waals surface area contributed by atoms with Gasteiger partial charge in [0.05, 0.1) is 6.04 Å². The molecule has 0 heterocycles. The van der Waals surface area contributed by atoms with Gasteiger partial charge in [-0.1, -0.05) is 18.7 Å². The molecule has 1 fully saturated rings. The molecule has 4 nitrogen and oxygen atoms in total. The Hall–Kier alpha value is -2.10. The van der Waals surface area contributed by atoms with Gasteiger partial charge in [-0.3, -0.25) is 9.59 Å². The Morgan fingerprint density at radius 1 is 1.32 bits per heavy atom. The third-order valence-corrected chi connectivity index (χ3v) is 3.17. The van der Waals surface area contributed by atoms with Gasteiger partial charge >= 0.3 is 0 Å². The maximum atomic E-state index is 11.6. The molecule has 0 aliphatic heterocycles. The predicted octanol–water partition coefficient (Wildman–Crippen LogP) is 2.40. The number of anilines is 1. The van der Waals surface area contributed by atoms with Gasteiger partial charge in [0, 0.05) is 11.6 Å². The van der Waals surface area contributed by atoms with Crippen molar-refractivity contribution >= 4 is 17.5 Å². The fourth-order valence-corrected chi connectivity index (χ4v) is 1.80. The number of rotatable bonds is 5. The molecular formula is C15H18N2O2. The Morgan fingerprint density at radius 3 is 2.47 bits per heavy atom. The summed E-state index contributed by atoms with van der Waals surface area (Å²) in [5.41, 5.74) is 1.78. The average molecular weight is 258 g/mol. The molecule has 1 aliphatic carbocycles. The Bertz CT molecular complexity index is 489. The molecule has 2 N–H and O–H groups in total. The first kappa shape index (κ1) is 13.3. The standard InChI is InChI=1S/C15H18N2O2/c1-3-14(18)16-10(2)11-6-8-13(9-7-11)17-15(19)12-4-5-12/h3,6-10,12H,1,4-5H2,2H3,(H,16,18)(H,17,19). The third-order valence-electron chi connectivity index (χ3n) is 3.17. The average Bonchev–Trinajstić information content (AvgIpc) is 3.23. The quantitative estimate of drug-likeness (QED) is 0.797. The van der Waals surface area contributed by atoms with Crippen LogP contribution >= 0.6 is 0 Å². The van der Waals surface area contributed by atoms with Crippen LogP contribution < -0.4 is 10.6 Å². The second-order valence-corrected chi connectivity index (χ2v) is 4.82. The first-order valence-electron chi connectivity index (χ1n) is 6.44. The molecule has 1 aliphatic rings. The summed E-state index contributed by atoms with van der Waals surface area (Å²) in [6.07, 6.45) is 3.24. The van der Waals surface area contributed by atoms with E-state index < -0.39 is 0 Å². The van der Waals surface area contributed by atoms with Gasteiger partial charge in [0.1, 0.15) is 0 Å². The summed E-state index contributed by atoms with van der Waals surface area (Å²) < 4.78 is 0. The van der Waals surface area contributed by atoms with E-state index in [1.54, 1.807) is 0 Å². The van der Waals surface area contributed by atoms with Gasteiger partial charge in [0.2, 0.25) is 11.8 Å². The molecule has 0 bridgehead atoms. The van der Waals surface area contributed by atoms with Gasteiger partial charge in [0.15, 0.2) is 0 Å². The van der Waals surface area contributed by atoms with Crippen molar-refractivity contribution < 1.29 is 9.59 Å². The Balaban J connectivity index is 1.95. The van der Waals surface area contributed by atoms with Crippen LogP contribution in [0.1, 0.15) is 31.4 Å². The molecule has 2 rings (SSSR count). The minimum Gasteiger partial charge on any atom is -0.346 e. The first-order chi connectivity index (χ1) is 9.10. The second kappa shape index (κ2) is 5.69. The highest BCUT2D eigenvalue weighted by Gasteiger charge is 2.29. The van der Waals surface area contributed by atoms with Crippen LogP contribution in [0.4, 0.5) is 5.69 Å².